The normalized spacial score (nSPS) is 16.2. The van der Waals surface area contributed by atoms with E-state index >= 15 is 0 Å². The van der Waals surface area contributed by atoms with Crippen LogP contribution in [0.1, 0.15) is 42.3 Å². The van der Waals surface area contributed by atoms with Gasteiger partial charge < -0.3 is 35.6 Å². The lowest BCUT2D eigenvalue weighted by Gasteiger charge is -2.38. The molecule has 3 aromatic carbocycles. The van der Waals surface area contributed by atoms with Crippen LogP contribution in [0.25, 0.3) is 11.0 Å². The van der Waals surface area contributed by atoms with Crippen molar-refractivity contribution in [3.8, 4) is 0 Å². The minimum atomic E-state index is -0.385. The quantitative estimate of drug-likeness (QED) is 0.166. The summed E-state index contributed by atoms with van der Waals surface area (Å²) in [4.78, 5) is 38.2. The van der Waals surface area contributed by atoms with Gasteiger partial charge in [-0.25, -0.2) is 14.6 Å². The molecule has 0 saturated carbocycles. The fourth-order valence-corrected chi connectivity index (χ4v) is 7.98. The zero-order valence-corrected chi connectivity index (χ0v) is 30.1. The average molecular weight is 767 g/mol. The fourth-order valence-electron chi connectivity index (χ4n) is 6.70. The summed E-state index contributed by atoms with van der Waals surface area (Å²) in [6.07, 6.45) is 3.74. The first-order valence-electron chi connectivity index (χ1n) is 16.2. The van der Waals surface area contributed by atoms with Crippen LogP contribution in [-0.4, -0.2) is 82.6 Å². The van der Waals surface area contributed by atoms with E-state index in [-0.39, 0.29) is 24.1 Å². The molecule has 1 fully saturated rings. The number of hydrogen-bond acceptors (Lipinski definition) is 5. The molecule has 10 nitrogen and oxygen atoms in total. The minimum absolute atomic E-state index is 0.0631. The van der Waals surface area contributed by atoms with Gasteiger partial charge in [-0.05, 0) is 120 Å². The Morgan fingerprint density at radius 1 is 1.06 bits per heavy atom. The molecule has 0 radical (unpaired) electrons. The second-order valence-corrected chi connectivity index (χ2v) is 14.4. The molecule has 3 heterocycles. The van der Waals surface area contributed by atoms with Crippen molar-refractivity contribution >= 4 is 66.3 Å². The van der Waals surface area contributed by atoms with E-state index in [9.17, 15) is 9.59 Å². The summed E-state index contributed by atoms with van der Waals surface area (Å²) in [6, 6.07) is 19.7. The van der Waals surface area contributed by atoms with Gasteiger partial charge >= 0.3 is 12.1 Å². The summed E-state index contributed by atoms with van der Waals surface area (Å²) in [5.41, 5.74) is 11.9. The van der Waals surface area contributed by atoms with Crippen LogP contribution in [0.3, 0.4) is 0 Å². The maximum atomic E-state index is 14.0. The van der Waals surface area contributed by atoms with Crippen molar-refractivity contribution in [1.29, 1.82) is 0 Å². The van der Waals surface area contributed by atoms with Crippen LogP contribution in [0.4, 0.5) is 21.0 Å². The second-order valence-electron chi connectivity index (χ2n) is 12.7. The number of imidazole rings is 1. The number of aryl methyl sites for hydroxylation is 1. The van der Waals surface area contributed by atoms with Gasteiger partial charge in [0, 0.05) is 53.3 Å². The molecule has 1 saturated heterocycles. The molecular weight excluding hydrogens is 724 g/mol. The molecule has 2 aliphatic heterocycles. The van der Waals surface area contributed by atoms with Gasteiger partial charge in [-0.3, -0.25) is 0 Å². The Bertz CT molecular complexity index is 1730. The number of benzene rings is 3. The maximum Gasteiger partial charge on any atom is 0.322 e. The Morgan fingerprint density at radius 2 is 1.77 bits per heavy atom. The molecule has 4 aromatic rings. The first-order valence-corrected chi connectivity index (χ1v) is 17.8. The summed E-state index contributed by atoms with van der Waals surface area (Å²) in [7, 11) is 4.16. The highest BCUT2D eigenvalue weighted by atomic mass is 79.9. The van der Waals surface area contributed by atoms with Gasteiger partial charge in [0.1, 0.15) is 5.82 Å². The van der Waals surface area contributed by atoms with Gasteiger partial charge in [0.05, 0.1) is 22.8 Å². The summed E-state index contributed by atoms with van der Waals surface area (Å²) in [6.45, 7) is 3.52. The summed E-state index contributed by atoms with van der Waals surface area (Å²) in [5, 5.41) is 6.46. The number of aromatic nitrogens is 2. The molecule has 12 heteroatoms. The van der Waals surface area contributed by atoms with Crippen molar-refractivity contribution in [3.05, 3.63) is 86.6 Å². The van der Waals surface area contributed by atoms with E-state index in [2.05, 4.69) is 78.2 Å². The van der Waals surface area contributed by atoms with Crippen LogP contribution in [0.15, 0.2) is 69.6 Å². The number of carbonyl (C=O) groups excluding carboxylic acids is 2. The van der Waals surface area contributed by atoms with Crippen molar-refractivity contribution in [3.63, 3.8) is 0 Å². The number of hydrogen-bond donors (Lipinski definition) is 3. The van der Waals surface area contributed by atoms with Crippen molar-refractivity contribution in [2.75, 3.05) is 51.3 Å². The van der Waals surface area contributed by atoms with Crippen molar-refractivity contribution in [2.24, 2.45) is 0 Å². The average Bonchev–Trinajstić information content (AvgIpc) is 3.33. The molecule has 248 valence electrons. The number of urea groups is 2. The summed E-state index contributed by atoms with van der Waals surface area (Å²) in [5.74, 6) is 0.832. The van der Waals surface area contributed by atoms with Crippen molar-refractivity contribution in [2.45, 2.75) is 50.7 Å². The Labute approximate surface area is 292 Å². The molecule has 1 aromatic heterocycles. The lowest BCUT2D eigenvalue weighted by atomic mass is 10.0. The number of piperidine rings is 1. The molecule has 47 heavy (non-hydrogen) atoms. The van der Waals surface area contributed by atoms with Crippen LogP contribution in [0, 0.1) is 0 Å². The van der Waals surface area contributed by atoms with Crippen LogP contribution >= 0.6 is 31.9 Å². The number of carbonyl (C=O) groups is 2. The summed E-state index contributed by atoms with van der Waals surface area (Å²) < 4.78 is 3.86. The number of nitrogens with zero attached hydrogens (tertiary/aromatic N) is 5. The lowest BCUT2D eigenvalue weighted by Crippen LogP contribution is -2.52. The number of nitrogens with two attached hydrogens (primary N) is 1. The number of likely N-dealkylation sites (tertiary alicyclic amines) is 1. The lowest BCUT2D eigenvalue weighted by molar-refractivity contribution is 0.133. The zero-order valence-electron chi connectivity index (χ0n) is 26.9. The number of fused-ring (bicyclic) bond motifs is 2. The second kappa shape index (κ2) is 14.7. The molecule has 2 aliphatic rings. The molecule has 0 unspecified atom stereocenters. The highest BCUT2D eigenvalue weighted by Crippen LogP contribution is 2.33. The van der Waals surface area contributed by atoms with Gasteiger partial charge in [-0.15, -0.1) is 0 Å². The third-order valence-electron chi connectivity index (χ3n) is 9.19. The van der Waals surface area contributed by atoms with E-state index in [0.29, 0.717) is 31.7 Å². The van der Waals surface area contributed by atoms with Gasteiger partial charge in [0.2, 0.25) is 0 Å². The number of para-hydroxylation sites is 3. The Kier molecular flexibility index (Phi) is 10.4. The number of nitrogens with one attached hydrogen (secondary N) is 2. The van der Waals surface area contributed by atoms with E-state index in [1.807, 2.05) is 58.3 Å². The molecule has 6 rings (SSSR count). The largest absolute Gasteiger partial charge is 0.397 e. The molecule has 1 atom stereocenters. The number of amides is 4. The highest BCUT2D eigenvalue weighted by molar-refractivity contribution is 9.11. The third-order valence-corrected chi connectivity index (χ3v) is 10.5. The fraction of sp³-hybridized carbons (Fsp3) is 0.400. The number of anilines is 2. The van der Waals surface area contributed by atoms with E-state index in [4.69, 9.17) is 10.7 Å². The molecule has 4 amide bonds. The van der Waals surface area contributed by atoms with Crippen molar-refractivity contribution in [1.82, 2.24) is 29.6 Å². The van der Waals surface area contributed by atoms with Gasteiger partial charge in [0.15, 0.2) is 0 Å². The van der Waals surface area contributed by atoms with Gasteiger partial charge in [0.25, 0.3) is 0 Å². The summed E-state index contributed by atoms with van der Waals surface area (Å²) >= 11 is 7.19. The number of halogens is 2. The third kappa shape index (κ3) is 7.60. The Balaban J connectivity index is 1.21. The van der Waals surface area contributed by atoms with E-state index in [1.165, 1.54) is 0 Å². The standard InChI is InChI=1S/C35H42Br2N8O2/c1-42(2)15-7-16-45-31-11-6-5-10-29(31)39-33(45)30(22-23-20-26(36)32(38)27(37)21-23)41-34(46)43-17-13-25(14-18-43)44-19-12-24-8-3-4-9-28(24)40-35(44)47/h3-6,8-11,20-21,25,30H,7,12-19,22,38H2,1-2H3,(H,40,47)(H,41,46)/t30-/m1/s1. The molecule has 4 N–H and O–H groups in total. The number of rotatable bonds is 9. The topological polar surface area (TPSA) is 112 Å². The van der Waals surface area contributed by atoms with E-state index in [1.54, 1.807) is 0 Å². The molecular formula is C35H42Br2N8O2. The monoisotopic (exact) mass is 764 g/mol. The van der Waals surface area contributed by atoms with Crippen LogP contribution in [0.5, 0.6) is 0 Å². The molecule has 0 spiro atoms. The van der Waals surface area contributed by atoms with Crippen LogP contribution in [-0.2, 0) is 19.4 Å². The first kappa shape index (κ1) is 33.3. The van der Waals surface area contributed by atoms with Gasteiger partial charge in [-0.1, -0.05) is 30.3 Å². The maximum absolute atomic E-state index is 14.0. The van der Waals surface area contributed by atoms with Gasteiger partial charge in [-0.2, -0.15) is 0 Å². The van der Waals surface area contributed by atoms with Crippen LogP contribution in [0.2, 0.25) is 0 Å². The Hall–Kier alpha value is -3.61. The Morgan fingerprint density at radius 3 is 2.51 bits per heavy atom. The zero-order chi connectivity index (χ0) is 33.1. The minimum Gasteiger partial charge on any atom is -0.397 e. The molecule has 0 aliphatic carbocycles. The first-order chi connectivity index (χ1) is 22.7. The predicted molar refractivity (Wildman–Crippen MR) is 195 cm³/mol. The molecule has 0 bridgehead atoms. The van der Waals surface area contributed by atoms with E-state index in [0.717, 1.165) is 81.4 Å². The van der Waals surface area contributed by atoms with Crippen molar-refractivity contribution < 1.29 is 9.59 Å². The predicted octanol–water partition coefficient (Wildman–Crippen LogP) is 6.64. The van der Waals surface area contributed by atoms with Crippen LogP contribution < -0.4 is 16.4 Å². The highest BCUT2D eigenvalue weighted by Gasteiger charge is 2.33. The number of nitrogen functional groups attached to an aromatic ring is 1. The smallest absolute Gasteiger partial charge is 0.322 e. The van der Waals surface area contributed by atoms with E-state index < -0.39 is 0 Å². The SMILES string of the molecule is CN(C)CCCn1c([C@@H](Cc2cc(Br)c(N)c(Br)c2)NC(=O)N2CCC(N3CCc4ccccc4NC3=O)CC2)nc2ccccc21.